The van der Waals surface area contributed by atoms with Crippen molar-refractivity contribution in [3.05, 3.63) is 41.7 Å². The van der Waals surface area contributed by atoms with Crippen LogP contribution in [-0.2, 0) is 0 Å². The predicted octanol–water partition coefficient (Wildman–Crippen LogP) is 3.16. The molecule has 0 unspecified atom stereocenters. The number of hydrogen-bond acceptors (Lipinski definition) is 2. The minimum atomic E-state index is -0.282. The van der Waals surface area contributed by atoms with Gasteiger partial charge in [-0.1, -0.05) is 17.7 Å². The summed E-state index contributed by atoms with van der Waals surface area (Å²) in [7, 11) is 0. The van der Waals surface area contributed by atoms with Crippen LogP contribution in [-0.4, -0.2) is 27.9 Å². The summed E-state index contributed by atoms with van der Waals surface area (Å²) in [5, 5.41) is 0.510. The summed E-state index contributed by atoms with van der Waals surface area (Å²) in [6.45, 7) is 10.1. The number of rotatable bonds is 3. The number of halogens is 1. The molecule has 92 valence electrons. The molecule has 0 saturated carbocycles. The number of carbonyl (C=O) groups is 1. The largest absolute Gasteiger partial charge is 0.329 e. The smallest absolute Gasteiger partial charge is 0.273 e. The molecule has 0 fully saturated rings. The van der Waals surface area contributed by atoms with E-state index in [0.717, 1.165) is 0 Å². The molecule has 3 nitrogen and oxygen atoms in total. The molecule has 0 radical (unpaired) electrons. The molecular formula is C13H17ClN2O. The van der Waals surface area contributed by atoms with E-state index in [2.05, 4.69) is 11.6 Å². The lowest BCUT2D eigenvalue weighted by Crippen LogP contribution is -2.45. The molecule has 0 aromatic carbocycles. The van der Waals surface area contributed by atoms with Crippen molar-refractivity contribution < 1.29 is 4.79 Å². The van der Waals surface area contributed by atoms with E-state index in [-0.39, 0.29) is 11.4 Å². The lowest BCUT2D eigenvalue weighted by Gasteiger charge is -2.34. The van der Waals surface area contributed by atoms with Gasteiger partial charge >= 0.3 is 0 Å². The van der Waals surface area contributed by atoms with Gasteiger partial charge in [-0.3, -0.25) is 9.78 Å². The van der Waals surface area contributed by atoms with Gasteiger partial charge in [0.2, 0.25) is 0 Å². The van der Waals surface area contributed by atoms with Gasteiger partial charge in [0.1, 0.15) is 5.69 Å². The molecular weight excluding hydrogens is 236 g/mol. The molecule has 0 aliphatic heterocycles. The molecule has 1 rings (SSSR count). The fourth-order valence-corrected chi connectivity index (χ4v) is 1.61. The average Bonchev–Trinajstić information content (AvgIpc) is 2.23. The van der Waals surface area contributed by atoms with Crippen molar-refractivity contribution in [2.75, 3.05) is 6.54 Å². The highest BCUT2D eigenvalue weighted by Crippen LogP contribution is 2.17. The van der Waals surface area contributed by atoms with Crippen molar-refractivity contribution in [3.63, 3.8) is 0 Å². The Morgan fingerprint density at radius 1 is 1.59 bits per heavy atom. The Morgan fingerprint density at radius 2 is 2.24 bits per heavy atom. The van der Waals surface area contributed by atoms with Crippen molar-refractivity contribution in [3.8, 4) is 0 Å². The third kappa shape index (κ3) is 3.56. The highest BCUT2D eigenvalue weighted by molar-refractivity contribution is 6.30. The van der Waals surface area contributed by atoms with E-state index < -0.39 is 0 Å². The van der Waals surface area contributed by atoms with E-state index in [4.69, 9.17) is 11.6 Å². The van der Waals surface area contributed by atoms with E-state index >= 15 is 0 Å². The van der Waals surface area contributed by atoms with Crippen molar-refractivity contribution in [2.45, 2.75) is 26.3 Å². The number of nitrogens with zero attached hydrogens (tertiary/aromatic N) is 2. The van der Waals surface area contributed by atoms with Crippen molar-refractivity contribution >= 4 is 17.5 Å². The van der Waals surface area contributed by atoms with Gasteiger partial charge in [-0.05, 0) is 32.9 Å². The van der Waals surface area contributed by atoms with Gasteiger partial charge in [-0.2, -0.15) is 0 Å². The van der Waals surface area contributed by atoms with Gasteiger partial charge in [0.25, 0.3) is 5.91 Å². The lowest BCUT2D eigenvalue weighted by molar-refractivity contribution is 0.0610. The number of pyridine rings is 1. The Bertz CT molecular complexity index is 424. The Labute approximate surface area is 107 Å². The molecule has 17 heavy (non-hydrogen) atoms. The third-order valence-electron chi connectivity index (χ3n) is 2.31. The Kier molecular flexibility index (Phi) is 4.29. The second kappa shape index (κ2) is 5.32. The number of aromatic nitrogens is 1. The number of carbonyl (C=O) groups excluding carboxylic acids is 1. The van der Waals surface area contributed by atoms with Crippen LogP contribution in [0.1, 0.15) is 31.3 Å². The van der Waals surface area contributed by atoms with E-state index in [1.54, 1.807) is 23.1 Å². The molecule has 0 saturated heterocycles. The predicted molar refractivity (Wildman–Crippen MR) is 70.2 cm³/mol. The van der Waals surface area contributed by atoms with Crippen LogP contribution in [0.4, 0.5) is 0 Å². The summed E-state index contributed by atoms with van der Waals surface area (Å²) < 4.78 is 0. The number of hydrogen-bond donors (Lipinski definition) is 0. The molecule has 1 aromatic heterocycles. The van der Waals surface area contributed by atoms with Gasteiger partial charge in [0.05, 0.1) is 0 Å². The van der Waals surface area contributed by atoms with Gasteiger partial charge in [0.15, 0.2) is 0 Å². The summed E-state index contributed by atoms with van der Waals surface area (Å²) in [5.41, 5.74) is 0.0733. The molecule has 0 N–H and O–H groups in total. The lowest BCUT2D eigenvalue weighted by atomic mass is 10.1. The summed E-state index contributed by atoms with van der Waals surface area (Å²) in [4.78, 5) is 18.0. The maximum atomic E-state index is 12.3. The molecule has 0 aliphatic carbocycles. The fraction of sp³-hybridized carbons (Fsp3) is 0.385. The first kappa shape index (κ1) is 13.7. The highest BCUT2D eigenvalue weighted by atomic mass is 35.5. The van der Waals surface area contributed by atoms with Crippen LogP contribution in [0.3, 0.4) is 0 Å². The summed E-state index contributed by atoms with van der Waals surface area (Å²) in [5.74, 6) is -0.139. The molecule has 1 heterocycles. The van der Waals surface area contributed by atoms with E-state index in [1.165, 1.54) is 6.20 Å². The van der Waals surface area contributed by atoms with Crippen LogP contribution in [0.5, 0.6) is 0 Å². The zero-order valence-corrected chi connectivity index (χ0v) is 11.2. The first-order chi connectivity index (χ1) is 7.86. The first-order valence-corrected chi connectivity index (χ1v) is 5.78. The average molecular weight is 253 g/mol. The Morgan fingerprint density at radius 3 is 2.71 bits per heavy atom. The second-order valence-electron chi connectivity index (χ2n) is 4.73. The molecule has 1 aromatic rings. The quantitative estimate of drug-likeness (QED) is 0.775. The minimum Gasteiger partial charge on any atom is -0.329 e. The van der Waals surface area contributed by atoms with Crippen LogP contribution in [0.2, 0.25) is 5.02 Å². The van der Waals surface area contributed by atoms with Gasteiger partial charge < -0.3 is 4.90 Å². The summed E-state index contributed by atoms with van der Waals surface area (Å²) in [6.07, 6.45) is 3.23. The topological polar surface area (TPSA) is 33.2 Å². The maximum absolute atomic E-state index is 12.3. The van der Waals surface area contributed by atoms with Gasteiger partial charge in [-0.15, -0.1) is 6.58 Å². The molecule has 0 spiro atoms. The summed E-state index contributed by atoms with van der Waals surface area (Å²) in [6, 6.07) is 3.22. The van der Waals surface area contributed by atoms with Crippen LogP contribution >= 0.6 is 11.6 Å². The number of amides is 1. The normalized spacial score (nSPS) is 11.1. The monoisotopic (exact) mass is 252 g/mol. The van der Waals surface area contributed by atoms with Crippen molar-refractivity contribution in [1.29, 1.82) is 0 Å². The molecule has 0 atom stereocenters. The second-order valence-corrected chi connectivity index (χ2v) is 5.17. The standard InChI is InChI=1S/C13H17ClN2O/c1-5-8-16(13(2,3)4)12(17)11-9-10(14)6-7-15-11/h5-7,9H,1,8H2,2-4H3. The molecule has 4 heteroatoms. The van der Waals surface area contributed by atoms with E-state index in [0.29, 0.717) is 17.3 Å². The van der Waals surface area contributed by atoms with Crippen LogP contribution in [0.15, 0.2) is 31.0 Å². The van der Waals surface area contributed by atoms with Gasteiger partial charge in [0, 0.05) is 23.3 Å². The van der Waals surface area contributed by atoms with E-state index in [9.17, 15) is 4.79 Å². The van der Waals surface area contributed by atoms with Crippen molar-refractivity contribution in [2.24, 2.45) is 0 Å². The Hall–Kier alpha value is -1.35. The molecule has 0 aliphatic rings. The summed E-state index contributed by atoms with van der Waals surface area (Å²) >= 11 is 5.85. The van der Waals surface area contributed by atoms with Crippen LogP contribution < -0.4 is 0 Å². The molecule has 1 amide bonds. The maximum Gasteiger partial charge on any atom is 0.273 e. The SMILES string of the molecule is C=CCN(C(=O)c1cc(Cl)ccn1)C(C)(C)C. The van der Waals surface area contributed by atoms with E-state index in [1.807, 2.05) is 20.8 Å². The first-order valence-electron chi connectivity index (χ1n) is 5.40. The zero-order chi connectivity index (χ0) is 13.1. The van der Waals surface area contributed by atoms with Gasteiger partial charge in [-0.25, -0.2) is 0 Å². The van der Waals surface area contributed by atoms with Crippen molar-refractivity contribution in [1.82, 2.24) is 9.88 Å². The van der Waals surface area contributed by atoms with Crippen LogP contribution in [0, 0.1) is 0 Å². The Balaban J connectivity index is 3.04. The fourth-order valence-electron chi connectivity index (χ4n) is 1.45. The van der Waals surface area contributed by atoms with Crippen LogP contribution in [0.25, 0.3) is 0 Å². The third-order valence-corrected chi connectivity index (χ3v) is 2.54. The molecule has 0 bridgehead atoms. The highest BCUT2D eigenvalue weighted by Gasteiger charge is 2.26. The minimum absolute atomic E-state index is 0.139. The zero-order valence-electron chi connectivity index (χ0n) is 10.4.